The van der Waals surface area contributed by atoms with Crippen molar-refractivity contribution in [3.8, 4) is 0 Å². The number of hydrogen-bond donors (Lipinski definition) is 2. The van der Waals surface area contributed by atoms with Crippen LogP contribution in [0.25, 0.3) is 0 Å². The van der Waals surface area contributed by atoms with Gasteiger partial charge in [-0.25, -0.2) is 13.6 Å². The Labute approximate surface area is 114 Å². The van der Waals surface area contributed by atoms with Gasteiger partial charge in [-0.15, -0.1) is 0 Å². The molecule has 0 saturated heterocycles. The third-order valence-electron chi connectivity index (χ3n) is 2.93. The van der Waals surface area contributed by atoms with E-state index in [9.17, 15) is 13.6 Å². The lowest BCUT2D eigenvalue weighted by molar-refractivity contribution is 0.0697. The Balaban J connectivity index is 2.25. The number of aromatic carboxylic acids is 1. The Bertz CT molecular complexity index is 644. The summed E-state index contributed by atoms with van der Waals surface area (Å²) in [5.74, 6) is -2.07. The molecule has 104 valence electrons. The average Bonchev–Trinajstić information content (AvgIpc) is 2.41. The number of nitrogens with one attached hydrogen (secondary N) is 1. The summed E-state index contributed by atoms with van der Waals surface area (Å²) in [5.41, 5.74) is 0.701. The van der Waals surface area contributed by atoms with Crippen LogP contribution in [-0.4, -0.2) is 11.1 Å². The number of carboxylic acid groups (broad SMARTS) is 1. The second-order valence-electron chi connectivity index (χ2n) is 4.42. The van der Waals surface area contributed by atoms with Crippen LogP contribution in [0.1, 0.15) is 28.9 Å². The van der Waals surface area contributed by atoms with Gasteiger partial charge in [0.1, 0.15) is 11.6 Å². The smallest absolute Gasteiger partial charge is 0.335 e. The van der Waals surface area contributed by atoms with E-state index in [2.05, 4.69) is 5.32 Å². The van der Waals surface area contributed by atoms with Gasteiger partial charge in [-0.05, 0) is 42.8 Å². The minimum Gasteiger partial charge on any atom is -0.478 e. The second-order valence-corrected chi connectivity index (χ2v) is 4.42. The fourth-order valence-corrected chi connectivity index (χ4v) is 1.86. The summed E-state index contributed by atoms with van der Waals surface area (Å²) in [6, 6.07) is 9.07. The van der Waals surface area contributed by atoms with Crippen LogP contribution in [0.2, 0.25) is 0 Å². The fourth-order valence-electron chi connectivity index (χ4n) is 1.86. The standard InChI is InChI=1S/C15H13F2NO2/c1-9(10-3-2-4-12(16)7-10)18-14-8-11(15(19)20)5-6-13(14)17/h2-9,18H,1H3,(H,19,20). The van der Waals surface area contributed by atoms with E-state index in [-0.39, 0.29) is 23.1 Å². The molecule has 0 aliphatic rings. The summed E-state index contributed by atoms with van der Waals surface area (Å²) in [7, 11) is 0. The molecule has 2 rings (SSSR count). The molecular formula is C15H13F2NO2. The zero-order valence-electron chi connectivity index (χ0n) is 10.7. The predicted octanol–water partition coefficient (Wildman–Crippen LogP) is 3.84. The van der Waals surface area contributed by atoms with Crippen LogP contribution in [0.15, 0.2) is 42.5 Å². The molecule has 0 heterocycles. The molecule has 2 N–H and O–H groups in total. The maximum atomic E-state index is 13.7. The molecule has 0 fully saturated rings. The maximum Gasteiger partial charge on any atom is 0.335 e. The maximum absolute atomic E-state index is 13.7. The lowest BCUT2D eigenvalue weighted by Gasteiger charge is -2.16. The quantitative estimate of drug-likeness (QED) is 0.892. The van der Waals surface area contributed by atoms with Crippen molar-refractivity contribution < 1.29 is 18.7 Å². The number of benzene rings is 2. The van der Waals surface area contributed by atoms with E-state index in [4.69, 9.17) is 5.11 Å². The van der Waals surface area contributed by atoms with Crippen LogP contribution in [0.5, 0.6) is 0 Å². The first-order chi connectivity index (χ1) is 9.47. The van der Waals surface area contributed by atoms with Gasteiger partial charge in [-0.3, -0.25) is 0 Å². The first-order valence-corrected chi connectivity index (χ1v) is 6.02. The van der Waals surface area contributed by atoms with Crippen LogP contribution in [0, 0.1) is 11.6 Å². The van der Waals surface area contributed by atoms with E-state index in [1.165, 1.54) is 24.3 Å². The van der Waals surface area contributed by atoms with Crippen molar-refractivity contribution in [3.63, 3.8) is 0 Å². The van der Waals surface area contributed by atoms with E-state index in [1.807, 2.05) is 0 Å². The van der Waals surface area contributed by atoms with Crippen molar-refractivity contribution in [1.29, 1.82) is 0 Å². The number of anilines is 1. The molecule has 3 nitrogen and oxygen atoms in total. The van der Waals surface area contributed by atoms with Gasteiger partial charge in [0.05, 0.1) is 11.3 Å². The van der Waals surface area contributed by atoms with E-state index in [1.54, 1.807) is 19.1 Å². The zero-order chi connectivity index (χ0) is 14.7. The molecule has 0 aliphatic heterocycles. The Hall–Kier alpha value is -2.43. The van der Waals surface area contributed by atoms with E-state index in [0.717, 1.165) is 6.07 Å². The molecule has 0 amide bonds. The normalized spacial score (nSPS) is 11.9. The Morgan fingerprint density at radius 3 is 2.60 bits per heavy atom. The summed E-state index contributed by atoms with van der Waals surface area (Å²) >= 11 is 0. The molecule has 1 atom stereocenters. The highest BCUT2D eigenvalue weighted by Crippen LogP contribution is 2.23. The van der Waals surface area contributed by atoms with Gasteiger partial charge in [0.15, 0.2) is 0 Å². The molecule has 5 heteroatoms. The third kappa shape index (κ3) is 3.12. The summed E-state index contributed by atoms with van der Waals surface area (Å²) in [4.78, 5) is 10.9. The van der Waals surface area contributed by atoms with E-state index in [0.29, 0.717) is 5.56 Å². The molecule has 1 unspecified atom stereocenters. The van der Waals surface area contributed by atoms with Crippen molar-refractivity contribution in [2.75, 3.05) is 5.32 Å². The molecular weight excluding hydrogens is 264 g/mol. The minimum atomic E-state index is -1.13. The van der Waals surface area contributed by atoms with Gasteiger partial charge in [0, 0.05) is 6.04 Å². The van der Waals surface area contributed by atoms with E-state index >= 15 is 0 Å². The SMILES string of the molecule is CC(Nc1cc(C(=O)O)ccc1F)c1cccc(F)c1. The number of hydrogen-bond acceptors (Lipinski definition) is 2. The number of halogens is 2. The average molecular weight is 277 g/mol. The summed E-state index contributed by atoms with van der Waals surface area (Å²) in [6.45, 7) is 1.74. The number of carboxylic acids is 1. The Morgan fingerprint density at radius 1 is 1.20 bits per heavy atom. The van der Waals surface area contributed by atoms with Gasteiger partial charge >= 0.3 is 5.97 Å². The number of carbonyl (C=O) groups is 1. The van der Waals surface area contributed by atoms with Gasteiger partial charge in [-0.1, -0.05) is 12.1 Å². The van der Waals surface area contributed by atoms with Crippen LogP contribution in [0.3, 0.4) is 0 Å². The summed E-state index contributed by atoms with van der Waals surface area (Å²) < 4.78 is 26.8. The van der Waals surface area contributed by atoms with Crippen LogP contribution in [-0.2, 0) is 0 Å². The highest BCUT2D eigenvalue weighted by molar-refractivity contribution is 5.88. The first-order valence-electron chi connectivity index (χ1n) is 6.02. The van der Waals surface area contributed by atoms with Gasteiger partial charge in [0.25, 0.3) is 0 Å². The molecule has 0 radical (unpaired) electrons. The highest BCUT2D eigenvalue weighted by atomic mass is 19.1. The van der Waals surface area contributed by atoms with Crippen LogP contribution >= 0.6 is 0 Å². The van der Waals surface area contributed by atoms with Crippen LogP contribution < -0.4 is 5.32 Å². The zero-order valence-corrected chi connectivity index (χ0v) is 10.7. The fraction of sp³-hybridized carbons (Fsp3) is 0.133. The van der Waals surface area contributed by atoms with Crippen molar-refractivity contribution >= 4 is 11.7 Å². The third-order valence-corrected chi connectivity index (χ3v) is 2.93. The Kier molecular flexibility index (Phi) is 3.98. The second kappa shape index (κ2) is 5.69. The molecule has 0 aromatic heterocycles. The lowest BCUT2D eigenvalue weighted by Crippen LogP contribution is -2.09. The molecule has 2 aromatic rings. The topological polar surface area (TPSA) is 49.3 Å². The summed E-state index contributed by atoms with van der Waals surface area (Å²) in [5, 5.41) is 11.7. The monoisotopic (exact) mass is 277 g/mol. The molecule has 2 aromatic carbocycles. The summed E-state index contributed by atoms with van der Waals surface area (Å²) in [6.07, 6.45) is 0. The highest BCUT2D eigenvalue weighted by Gasteiger charge is 2.12. The lowest BCUT2D eigenvalue weighted by atomic mass is 10.1. The van der Waals surface area contributed by atoms with Crippen molar-refractivity contribution in [2.24, 2.45) is 0 Å². The predicted molar refractivity (Wildman–Crippen MR) is 71.8 cm³/mol. The van der Waals surface area contributed by atoms with Crippen LogP contribution in [0.4, 0.5) is 14.5 Å². The van der Waals surface area contributed by atoms with Gasteiger partial charge in [-0.2, -0.15) is 0 Å². The van der Waals surface area contributed by atoms with Gasteiger partial charge in [0.2, 0.25) is 0 Å². The van der Waals surface area contributed by atoms with Crippen molar-refractivity contribution in [1.82, 2.24) is 0 Å². The Morgan fingerprint density at radius 2 is 1.95 bits per heavy atom. The van der Waals surface area contributed by atoms with Crippen molar-refractivity contribution in [2.45, 2.75) is 13.0 Å². The molecule has 0 spiro atoms. The molecule has 0 saturated carbocycles. The van der Waals surface area contributed by atoms with Gasteiger partial charge < -0.3 is 10.4 Å². The largest absolute Gasteiger partial charge is 0.478 e. The molecule has 20 heavy (non-hydrogen) atoms. The van der Waals surface area contributed by atoms with E-state index < -0.39 is 11.8 Å². The number of rotatable bonds is 4. The first kappa shape index (κ1) is 14.0. The van der Waals surface area contributed by atoms with Crippen molar-refractivity contribution in [3.05, 3.63) is 65.2 Å². The molecule has 0 bridgehead atoms. The molecule has 0 aliphatic carbocycles. The minimum absolute atomic E-state index is 0.0136.